The van der Waals surface area contributed by atoms with Crippen molar-refractivity contribution in [3.05, 3.63) is 90.2 Å². The van der Waals surface area contributed by atoms with Crippen molar-refractivity contribution in [1.29, 1.82) is 0 Å². The third-order valence-electron chi connectivity index (χ3n) is 8.35. The Labute approximate surface area is 370 Å². The third-order valence-corrected chi connectivity index (χ3v) is 12.4. The second-order valence-electron chi connectivity index (χ2n) is 13.2. The lowest BCUT2D eigenvalue weighted by Gasteiger charge is -2.16. The highest BCUT2D eigenvalue weighted by molar-refractivity contribution is 7.91. The van der Waals surface area contributed by atoms with Gasteiger partial charge in [0.1, 0.15) is 22.0 Å². The minimum absolute atomic E-state index is 0.0185. The van der Waals surface area contributed by atoms with Crippen molar-refractivity contribution < 1.29 is 56.6 Å². The van der Waals surface area contributed by atoms with Crippen molar-refractivity contribution in [3.8, 4) is 5.75 Å². The Hall–Kier alpha value is -6.50. The van der Waals surface area contributed by atoms with Crippen LogP contribution < -0.4 is 32.7 Å². The molecule has 24 nitrogen and oxygen atoms in total. The third kappa shape index (κ3) is 12.8. The first-order valence-corrected chi connectivity index (χ1v) is 23.8. The van der Waals surface area contributed by atoms with E-state index in [0.717, 1.165) is 23.9 Å². The Balaban J connectivity index is 0.000000245. The van der Waals surface area contributed by atoms with Crippen LogP contribution in [0.15, 0.2) is 110 Å². The molecule has 29 heteroatoms. The fraction of sp³-hybridized carbons (Fsp3) is 0.114. The summed E-state index contributed by atoms with van der Waals surface area (Å²) in [6.07, 6.45) is 0. The number of fused-ring (bicyclic) bond motifs is 1. The molecule has 0 atom stereocenters. The van der Waals surface area contributed by atoms with Crippen LogP contribution in [0.4, 0.5) is 57.4 Å². The lowest BCUT2D eigenvalue weighted by Crippen LogP contribution is -2.15. The molecule has 0 aliphatic heterocycles. The zero-order valence-corrected chi connectivity index (χ0v) is 36.9. The van der Waals surface area contributed by atoms with Gasteiger partial charge in [-0.3, -0.25) is 13.7 Å². The summed E-state index contributed by atoms with van der Waals surface area (Å²) < 4.78 is 123. The number of sulfone groups is 1. The van der Waals surface area contributed by atoms with Crippen LogP contribution in [-0.2, 0) is 44.7 Å². The maximum absolute atomic E-state index is 12.3. The molecule has 0 amide bonds. The summed E-state index contributed by atoms with van der Waals surface area (Å²) in [6, 6.07) is 19.1. The van der Waals surface area contributed by atoms with Crippen LogP contribution >= 0.6 is 11.6 Å². The Morgan fingerprint density at radius 2 is 1.36 bits per heavy atom. The Kier molecular flexibility index (Phi) is 14.5. The number of aromatic hydroxyl groups is 1. The van der Waals surface area contributed by atoms with Gasteiger partial charge in [-0.05, 0) is 89.8 Å². The fourth-order valence-corrected chi connectivity index (χ4v) is 8.19. The predicted octanol–water partition coefficient (Wildman–Crippen LogP) is 4.87. The number of nitrogens with zero attached hydrogens (tertiary/aromatic N) is 6. The molecular formula is C35H36ClN11O13S4. The highest BCUT2D eigenvalue weighted by atomic mass is 35.5. The summed E-state index contributed by atoms with van der Waals surface area (Å²) in [5, 5.41) is 23.9. The molecule has 0 bridgehead atoms. The minimum atomic E-state index is -4.72. The van der Waals surface area contributed by atoms with Crippen LogP contribution in [0.3, 0.4) is 0 Å². The molecule has 6 rings (SSSR count). The van der Waals surface area contributed by atoms with Gasteiger partial charge in [0.15, 0.2) is 9.84 Å². The molecule has 0 aliphatic carbocycles. The molecule has 0 saturated carbocycles. The molecule has 340 valence electrons. The fourth-order valence-electron chi connectivity index (χ4n) is 5.35. The Morgan fingerprint density at radius 1 is 0.719 bits per heavy atom. The number of rotatable bonds is 14. The Morgan fingerprint density at radius 3 is 1.97 bits per heavy atom. The number of phenols is 1. The lowest BCUT2D eigenvalue weighted by atomic mass is 10.1. The number of aromatic nitrogens is 3. The van der Waals surface area contributed by atoms with E-state index in [1.54, 1.807) is 6.07 Å². The van der Waals surface area contributed by atoms with Crippen LogP contribution in [0.5, 0.6) is 5.75 Å². The monoisotopic (exact) mass is 981 g/mol. The van der Waals surface area contributed by atoms with Crippen molar-refractivity contribution in [1.82, 2.24) is 15.0 Å². The summed E-state index contributed by atoms with van der Waals surface area (Å²) in [6.45, 7) is -0.720. The molecular weight excluding hydrogens is 946 g/mol. The van der Waals surface area contributed by atoms with Gasteiger partial charge in [-0.2, -0.15) is 40.2 Å². The molecule has 5 aromatic carbocycles. The summed E-state index contributed by atoms with van der Waals surface area (Å²) in [5.74, 6) is -0.973. The highest BCUT2D eigenvalue weighted by Crippen LogP contribution is 2.41. The molecule has 1 aromatic heterocycles. The summed E-state index contributed by atoms with van der Waals surface area (Å²) in [5.41, 5.74) is 19.6. The smallest absolute Gasteiger partial charge is 0.397 e. The van der Waals surface area contributed by atoms with Gasteiger partial charge >= 0.3 is 10.4 Å². The van der Waals surface area contributed by atoms with E-state index in [0.29, 0.717) is 17.1 Å². The first-order valence-electron chi connectivity index (χ1n) is 17.5. The van der Waals surface area contributed by atoms with Gasteiger partial charge in [-0.25, -0.2) is 12.6 Å². The normalized spacial score (nSPS) is 12.2. The first-order chi connectivity index (χ1) is 29.7. The molecule has 0 unspecified atom stereocenters. The standard InChI is InChI=1S/C19H22ClN7O6S2.C16H14N4O7S2/c1-27(2)13-5-8-15(21)16(11-13)23-19-25-17(20)24-18(26-19)22-12-3-6-14(7-4-12)34(28,29)10-9-33-35(30,31)32;17-9-2-4-12(14(6-9)29(25,26)27)19-20-16-11(18)3-1-8-5-10(28(22,23)24)7-13(21)15(8)16/h3-8,11H,9-10,21H2,1-2H3,(H,30,31,32)(H2,22,23,24,25,26);1-7,21H,17-18H2,(H,22,23,24)(H,25,26,27). The number of nitrogens with one attached hydrogen (secondary N) is 2. The molecule has 0 spiro atoms. The number of anilines is 8. The second-order valence-corrected chi connectivity index (χ2v) is 19.5. The van der Waals surface area contributed by atoms with Crippen molar-refractivity contribution in [2.75, 3.05) is 59.2 Å². The predicted molar refractivity (Wildman–Crippen MR) is 237 cm³/mol. The van der Waals surface area contributed by atoms with Crippen LogP contribution in [-0.4, -0.2) is 93.8 Å². The van der Waals surface area contributed by atoms with Crippen LogP contribution in [0.2, 0.25) is 5.28 Å². The average molecular weight is 982 g/mol. The molecule has 0 aliphatic rings. The maximum Gasteiger partial charge on any atom is 0.397 e. The van der Waals surface area contributed by atoms with E-state index >= 15 is 0 Å². The van der Waals surface area contributed by atoms with E-state index in [-0.39, 0.29) is 55.6 Å². The van der Waals surface area contributed by atoms with Crippen LogP contribution in [0.25, 0.3) is 10.8 Å². The topological polar surface area (TPSA) is 395 Å². The Bertz CT molecular complexity index is 3240. The van der Waals surface area contributed by atoms with Crippen molar-refractivity contribution >= 4 is 120 Å². The van der Waals surface area contributed by atoms with Gasteiger partial charge in [-0.15, -0.1) is 10.2 Å². The van der Waals surface area contributed by atoms with Crippen molar-refractivity contribution in [2.24, 2.45) is 10.2 Å². The zero-order valence-electron chi connectivity index (χ0n) is 32.9. The average Bonchev–Trinajstić information content (AvgIpc) is 3.17. The van der Waals surface area contributed by atoms with E-state index in [4.69, 9.17) is 33.4 Å². The molecule has 0 saturated heterocycles. The molecule has 12 N–H and O–H groups in total. The molecule has 6 aromatic rings. The van der Waals surface area contributed by atoms with E-state index < -0.39 is 68.4 Å². The van der Waals surface area contributed by atoms with Crippen molar-refractivity contribution in [3.63, 3.8) is 0 Å². The number of halogens is 1. The van der Waals surface area contributed by atoms with E-state index in [1.807, 2.05) is 31.1 Å². The van der Waals surface area contributed by atoms with Gasteiger partial charge < -0.3 is 37.8 Å². The largest absolute Gasteiger partial charge is 0.507 e. The van der Waals surface area contributed by atoms with Gasteiger partial charge in [0.25, 0.3) is 20.2 Å². The van der Waals surface area contributed by atoms with Gasteiger partial charge in [0.2, 0.25) is 17.2 Å². The van der Waals surface area contributed by atoms with Gasteiger partial charge in [0.05, 0.1) is 44.6 Å². The summed E-state index contributed by atoms with van der Waals surface area (Å²) in [7, 11) is -14.0. The zero-order chi connectivity index (χ0) is 47.4. The van der Waals surface area contributed by atoms with Crippen LogP contribution in [0.1, 0.15) is 0 Å². The number of hydrogen-bond donors (Lipinski definition) is 9. The SMILES string of the molecule is CN(C)c1ccc(N)c(Nc2nc(Cl)nc(Nc3ccc(S(=O)(=O)CCOS(=O)(=O)O)cc3)n2)c1.Nc1ccc(N=Nc2c(N)ccc3cc(S(=O)(=O)O)cc(O)c23)c(S(=O)(=O)O)c1. The number of benzene rings is 5. The van der Waals surface area contributed by atoms with Crippen LogP contribution in [0, 0.1) is 0 Å². The minimum Gasteiger partial charge on any atom is -0.507 e. The summed E-state index contributed by atoms with van der Waals surface area (Å²) >= 11 is 6.04. The quantitative estimate of drug-likeness (QED) is 0.0399. The number of nitrogen functional groups attached to an aromatic ring is 3. The summed E-state index contributed by atoms with van der Waals surface area (Å²) in [4.78, 5) is 13.0. The highest BCUT2D eigenvalue weighted by Gasteiger charge is 2.20. The maximum atomic E-state index is 12.3. The van der Waals surface area contributed by atoms with Gasteiger partial charge in [0, 0.05) is 37.2 Å². The van der Waals surface area contributed by atoms with Gasteiger partial charge in [-0.1, -0.05) is 6.07 Å². The lowest BCUT2D eigenvalue weighted by molar-refractivity contribution is 0.284. The number of phenolic OH excluding ortho intramolecular Hbond substituents is 1. The van der Waals surface area contributed by atoms with E-state index in [9.17, 15) is 47.9 Å². The number of hydrogen-bond acceptors (Lipinski definition) is 21. The molecule has 1 heterocycles. The number of azo groups is 1. The van der Waals surface area contributed by atoms with Crippen molar-refractivity contribution in [2.45, 2.75) is 14.7 Å². The number of nitrogens with two attached hydrogens (primary N) is 3. The van der Waals surface area contributed by atoms with E-state index in [2.05, 4.69) is 40.0 Å². The van der Waals surface area contributed by atoms with E-state index in [1.165, 1.54) is 48.5 Å². The molecule has 0 fully saturated rings. The second kappa shape index (κ2) is 19.1. The molecule has 64 heavy (non-hydrogen) atoms. The molecule has 0 radical (unpaired) electrons. The first kappa shape index (κ1) is 48.5.